The molecule has 26 heavy (non-hydrogen) atoms. The van der Waals surface area contributed by atoms with E-state index < -0.39 is 10.0 Å². The highest BCUT2D eigenvalue weighted by molar-refractivity contribution is 7.89. The first-order valence-electron chi connectivity index (χ1n) is 8.26. The third-order valence-electron chi connectivity index (χ3n) is 3.84. The Balaban J connectivity index is 0.00000312. The van der Waals surface area contributed by atoms with Crippen molar-refractivity contribution in [1.82, 2.24) is 14.9 Å². The van der Waals surface area contributed by atoms with Gasteiger partial charge in [0.15, 0.2) is 0 Å². The van der Waals surface area contributed by atoms with Crippen molar-refractivity contribution in [3.05, 3.63) is 24.3 Å². The van der Waals surface area contributed by atoms with Gasteiger partial charge in [-0.25, -0.2) is 13.1 Å². The fourth-order valence-electron chi connectivity index (χ4n) is 2.49. The molecule has 0 aliphatic carbocycles. The molecular weight excluding hydrogens is 401 g/mol. The predicted octanol–water partition coefficient (Wildman–Crippen LogP) is 1.13. The summed E-state index contributed by atoms with van der Waals surface area (Å²) in [5, 5.41) is 3.30. The highest BCUT2D eigenvalue weighted by Gasteiger charge is 2.14. The van der Waals surface area contributed by atoms with Gasteiger partial charge in [-0.05, 0) is 37.2 Å². The van der Waals surface area contributed by atoms with Gasteiger partial charge < -0.3 is 19.7 Å². The van der Waals surface area contributed by atoms with Crippen LogP contribution in [0.5, 0.6) is 5.75 Å². The molecule has 0 saturated carbocycles. The molecule has 1 fully saturated rings. The summed E-state index contributed by atoms with van der Waals surface area (Å²) in [6, 6.07) is 6.43. The third kappa shape index (κ3) is 8.85. The lowest BCUT2D eigenvalue weighted by atomic mass is 10.3. The summed E-state index contributed by atoms with van der Waals surface area (Å²) in [7, 11) is -1.86. The van der Waals surface area contributed by atoms with Crippen LogP contribution in [-0.2, 0) is 14.8 Å². The molecule has 2 N–H and O–H groups in total. The van der Waals surface area contributed by atoms with Crippen LogP contribution in [0.15, 0.2) is 29.2 Å². The average molecular weight is 430 g/mol. The van der Waals surface area contributed by atoms with Crippen LogP contribution in [-0.4, -0.2) is 72.9 Å². The predicted molar refractivity (Wildman–Crippen MR) is 107 cm³/mol. The summed E-state index contributed by atoms with van der Waals surface area (Å²) in [5.41, 5.74) is 0. The maximum absolute atomic E-state index is 12.3. The largest absolute Gasteiger partial charge is 0.491 e. The normalized spacial score (nSPS) is 15.0. The Morgan fingerprint density at radius 2 is 1.77 bits per heavy atom. The molecule has 0 unspecified atom stereocenters. The molecule has 1 aromatic rings. The minimum absolute atomic E-state index is 0. The van der Waals surface area contributed by atoms with Crippen LogP contribution >= 0.6 is 24.8 Å². The molecule has 152 valence electrons. The number of methoxy groups -OCH3 is 1. The average Bonchev–Trinajstić information content (AvgIpc) is 2.60. The van der Waals surface area contributed by atoms with Crippen LogP contribution in [0.4, 0.5) is 0 Å². The molecule has 1 heterocycles. The van der Waals surface area contributed by atoms with Gasteiger partial charge in [0, 0.05) is 39.8 Å². The van der Waals surface area contributed by atoms with Crippen LogP contribution in [0.2, 0.25) is 0 Å². The fraction of sp³-hybridized carbons (Fsp3) is 0.625. The van der Waals surface area contributed by atoms with E-state index in [4.69, 9.17) is 9.47 Å². The number of halogens is 2. The van der Waals surface area contributed by atoms with E-state index in [1.54, 1.807) is 31.4 Å². The number of benzene rings is 1. The molecule has 0 bridgehead atoms. The van der Waals surface area contributed by atoms with Crippen molar-refractivity contribution in [2.24, 2.45) is 0 Å². The van der Waals surface area contributed by atoms with Crippen molar-refractivity contribution >= 4 is 34.8 Å². The first-order valence-corrected chi connectivity index (χ1v) is 9.75. The Kier molecular flexibility index (Phi) is 13.2. The van der Waals surface area contributed by atoms with Crippen molar-refractivity contribution in [2.75, 3.05) is 59.6 Å². The summed E-state index contributed by atoms with van der Waals surface area (Å²) < 4.78 is 37.5. The third-order valence-corrected chi connectivity index (χ3v) is 5.32. The van der Waals surface area contributed by atoms with Gasteiger partial charge in [0.1, 0.15) is 12.4 Å². The molecule has 1 aliphatic rings. The Morgan fingerprint density at radius 1 is 1.12 bits per heavy atom. The minimum Gasteiger partial charge on any atom is -0.491 e. The maximum Gasteiger partial charge on any atom is 0.240 e. The molecule has 7 nitrogen and oxygen atoms in total. The van der Waals surface area contributed by atoms with Gasteiger partial charge in [-0.1, -0.05) is 0 Å². The van der Waals surface area contributed by atoms with Gasteiger partial charge in [0.2, 0.25) is 10.0 Å². The van der Waals surface area contributed by atoms with Crippen LogP contribution in [0.1, 0.15) is 6.42 Å². The first kappa shape index (κ1) is 25.4. The van der Waals surface area contributed by atoms with Gasteiger partial charge in [0.25, 0.3) is 0 Å². The molecule has 0 spiro atoms. The maximum atomic E-state index is 12.3. The van der Waals surface area contributed by atoms with E-state index in [1.807, 2.05) is 0 Å². The Morgan fingerprint density at radius 3 is 2.38 bits per heavy atom. The summed E-state index contributed by atoms with van der Waals surface area (Å²) in [6.45, 7) is 6.35. The number of nitrogens with zero attached hydrogens (tertiary/aromatic N) is 1. The van der Waals surface area contributed by atoms with Crippen LogP contribution in [0, 0.1) is 0 Å². The van der Waals surface area contributed by atoms with E-state index >= 15 is 0 Å². The second-order valence-corrected chi connectivity index (χ2v) is 7.42. The number of nitrogens with one attached hydrogen (secondary N) is 2. The van der Waals surface area contributed by atoms with E-state index in [0.29, 0.717) is 25.5 Å². The van der Waals surface area contributed by atoms with E-state index in [2.05, 4.69) is 14.9 Å². The monoisotopic (exact) mass is 429 g/mol. The molecule has 0 aromatic heterocycles. The Labute approximate surface area is 168 Å². The number of sulfonamides is 1. The second kappa shape index (κ2) is 13.5. The van der Waals surface area contributed by atoms with E-state index in [0.717, 1.165) is 39.1 Å². The number of hydrogen-bond donors (Lipinski definition) is 2. The number of piperazine rings is 1. The Hall–Kier alpha value is -0.610. The summed E-state index contributed by atoms with van der Waals surface area (Å²) >= 11 is 0. The quantitative estimate of drug-likeness (QED) is 0.542. The summed E-state index contributed by atoms with van der Waals surface area (Å²) in [4.78, 5) is 2.60. The molecule has 0 radical (unpaired) electrons. The van der Waals surface area contributed by atoms with E-state index in [1.165, 1.54) is 0 Å². The molecule has 2 rings (SSSR count). The van der Waals surface area contributed by atoms with Crippen molar-refractivity contribution in [3.63, 3.8) is 0 Å². The van der Waals surface area contributed by atoms with Crippen LogP contribution in [0.25, 0.3) is 0 Å². The van der Waals surface area contributed by atoms with Gasteiger partial charge in [-0.2, -0.15) is 0 Å². The fourth-order valence-corrected chi connectivity index (χ4v) is 3.56. The molecular formula is C16H29Cl2N3O4S. The van der Waals surface area contributed by atoms with Crippen LogP contribution in [0.3, 0.4) is 0 Å². The molecule has 0 atom stereocenters. The molecule has 10 heteroatoms. The topological polar surface area (TPSA) is 79.9 Å². The highest BCUT2D eigenvalue weighted by atomic mass is 35.5. The van der Waals surface area contributed by atoms with E-state index in [-0.39, 0.29) is 29.7 Å². The van der Waals surface area contributed by atoms with Gasteiger partial charge in [-0.3, -0.25) is 0 Å². The van der Waals surface area contributed by atoms with Crippen molar-refractivity contribution in [2.45, 2.75) is 11.3 Å². The van der Waals surface area contributed by atoms with Gasteiger partial charge in [0.05, 0.1) is 11.5 Å². The summed E-state index contributed by atoms with van der Waals surface area (Å²) in [5.74, 6) is 0.629. The van der Waals surface area contributed by atoms with Crippen LogP contribution < -0.4 is 14.8 Å². The Bertz CT molecular complexity index is 582. The number of rotatable bonds is 10. The van der Waals surface area contributed by atoms with Crippen molar-refractivity contribution in [1.29, 1.82) is 0 Å². The number of hydrogen-bond acceptors (Lipinski definition) is 6. The molecule has 0 amide bonds. The molecule has 1 aromatic carbocycles. The SMILES string of the molecule is COCCOc1ccc(S(=O)(=O)NCCCN2CCNCC2)cc1.Cl.Cl. The zero-order valence-corrected chi connectivity index (χ0v) is 17.4. The smallest absolute Gasteiger partial charge is 0.240 e. The molecule has 1 aliphatic heterocycles. The first-order chi connectivity index (χ1) is 11.6. The second-order valence-electron chi connectivity index (χ2n) is 5.66. The number of ether oxygens (including phenoxy) is 2. The summed E-state index contributed by atoms with van der Waals surface area (Å²) in [6.07, 6.45) is 0.803. The zero-order valence-electron chi connectivity index (χ0n) is 15.0. The van der Waals surface area contributed by atoms with Crippen molar-refractivity contribution in [3.8, 4) is 5.75 Å². The van der Waals surface area contributed by atoms with Gasteiger partial charge in [-0.15, -0.1) is 24.8 Å². The standard InChI is InChI=1S/C16H27N3O4S.2ClH/c1-22-13-14-23-15-3-5-16(6-4-15)24(20,21)18-7-2-10-19-11-8-17-9-12-19;;/h3-6,17-18H,2,7-14H2,1H3;2*1H. The lowest BCUT2D eigenvalue weighted by Crippen LogP contribution is -2.44. The highest BCUT2D eigenvalue weighted by Crippen LogP contribution is 2.15. The minimum atomic E-state index is -3.47. The van der Waals surface area contributed by atoms with Crippen molar-refractivity contribution < 1.29 is 17.9 Å². The zero-order chi connectivity index (χ0) is 17.3. The molecule has 1 saturated heterocycles. The van der Waals surface area contributed by atoms with E-state index in [9.17, 15) is 8.42 Å². The van der Waals surface area contributed by atoms with Gasteiger partial charge >= 0.3 is 0 Å². The lowest BCUT2D eigenvalue weighted by Gasteiger charge is -2.27. The lowest BCUT2D eigenvalue weighted by molar-refractivity contribution is 0.146.